The number of carbonyl (C=O) groups excluding carboxylic acids is 2. The molecule has 0 aliphatic carbocycles. The lowest BCUT2D eigenvalue weighted by Crippen LogP contribution is -2.50. The molecular formula is C21H29N3O3. The van der Waals surface area contributed by atoms with Gasteiger partial charge in [0.15, 0.2) is 0 Å². The summed E-state index contributed by atoms with van der Waals surface area (Å²) in [6, 6.07) is 5.43. The number of hydrogen-bond acceptors (Lipinski definition) is 4. The van der Waals surface area contributed by atoms with Crippen LogP contribution in [0.5, 0.6) is 5.75 Å². The molecular weight excluding hydrogens is 342 g/mol. The standard InChI is InChI=1S/C21H29N3O3/c25-20(7-4-15-8-10-22-14-15)24-11-2-1-3-18(24)21(26)23-17-5-6-19-16(13-17)9-12-27-19/h5-6,13,15,18,22H,1-4,7-12,14H2,(H,23,26). The Bertz CT molecular complexity index is 700. The summed E-state index contributed by atoms with van der Waals surface area (Å²) in [4.78, 5) is 27.5. The highest BCUT2D eigenvalue weighted by molar-refractivity contribution is 5.97. The molecule has 0 spiro atoms. The van der Waals surface area contributed by atoms with Crippen molar-refractivity contribution in [3.8, 4) is 5.75 Å². The van der Waals surface area contributed by atoms with Crippen molar-refractivity contribution in [1.29, 1.82) is 0 Å². The lowest BCUT2D eigenvalue weighted by atomic mass is 9.98. The molecule has 2 N–H and O–H groups in total. The lowest BCUT2D eigenvalue weighted by Gasteiger charge is -2.35. The van der Waals surface area contributed by atoms with Crippen molar-refractivity contribution in [3.63, 3.8) is 0 Å². The Balaban J connectivity index is 1.37. The largest absolute Gasteiger partial charge is 0.493 e. The number of ether oxygens (including phenoxy) is 1. The van der Waals surface area contributed by atoms with E-state index in [4.69, 9.17) is 4.74 Å². The Labute approximate surface area is 160 Å². The first-order valence-electron chi connectivity index (χ1n) is 10.3. The maximum absolute atomic E-state index is 12.9. The Morgan fingerprint density at radius 1 is 1.26 bits per heavy atom. The number of hydrogen-bond donors (Lipinski definition) is 2. The normalized spacial score (nSPS) is 24.4. The van der Waals surface area contributed by atoms with Gasteiger partial charge in [-0.2, -0.15) is 0 Å². The van der Waals surface area contributed by atoms with Crippen molar-refractivity contribution in [2.75, 3.05) is 31.6 Å². The minimum Gasteiger partial charge on any atom is -0.493 e. The fourth-order valence-corrected chi connectivity index (χ4v) is 4.42. The zero-order valence-corrected chi connectivity index (χ0v) is 15.8. The van der Waals surface area contributed by atoms with Gasteiger partial charge in [-0.15, -0.1) is 0 Å². The second-order valence-electron chi connectivity index (χ2n) is 7.91. The van der Waals surface area contributed by atoms with E-state index >= 15 is 0 Å². The number of fused-ring (bicyclic) bond motifs is 1. The first kappa shape index (κ1) is 18.3. The third-order valence-electron chi connectivity index (χ3n) is 6.01. The molecule has 6 heteroatoms. The monoisotopic (exact) mass is 371 g/mol. The molecule has 0 saturated carbocycles. The van der Waals surface area contributed by atoms with Crippen LogP contribution in [0.25, 0.3) is 0 Å². The van der Waals surface area contributed by atoms with Crippen molar-refractivity contribution in [2.45, 2.75) is 51.0 Å². The SMILES string of the molecule is O=C(Nc1ccc2c(c1)CCO2)C1CCCCN1C(=O)CCC1CCNC1. The summed E-state index contributed by atoms with van der Waals surface area (Å²) in [5.74, 6) is 1.57. The van der Waals surface area contributed by atoms with E-state index in [1.54, 1.807) is 0 Å². The van der Waals surface area contributed by atoms with Crippen molar-refractivity contribution >= 4 is 17.5 Å². The van der Waals surface area contributed by atoms with E-state index in [0.29, 0.717) is 25.5 Å². The zero-order valence-electron chi connectivity index (χ0n) is 15.8. The molecule has 2 amide bonds. The molecule has 2 fully saturated rings. The summed E-state index contributed by atoms with van der Waals surface area (Å²) in [7, 11) is 0. The van der Waals surface area contributed by atoms with Crippen LogP contribution in [0.15, 0.2) is 18.2 Å². The van der Waals surface area contributed by atoms with Crippen LogP contribution in [0.3, 0.4) is 0 Å². The highest BCUT2D eigenvalue weighted by atomic mass is 16.5. The molecule has 146 valence electrons. The van der Waals surface area contributed by atoms with E-state index in [0.717, 1.165) is 68.6 Å². The summed E-state index contributed by atoms with van der Waals surface area (Å²) in [6.45, 7) is 3.46. The molecule has 3 heterocycles. The van der Waals surface area contributed by atoms with Crippen LogP contribution in [0.1, 0.15) is 44.1 Å². The van der Waals surface area contributed by atoms with Gasteiger partial charge in [0, 0.05) is 25.1 Å². The molecule has 6 nitrogen and oxygen atoms in total. The van der Waals surface area contributed by atoms with Crippen molar-refractivity contribution < 1.29 is 14.3 Å². The summed E-state index contributed by atoms with van der Waals surface area (Å²) in [5.41, 5.74) is 1.92. The van der Waals surface area contributed by atoms with Crippen LogP contribution < -0.4 is 15.4 Å². The van der Waals surface area contributed by atoms with Crippen LogP contribution in [0.4, 0.5) is 5.69 Å². The fraction of sp³-hybridized carbons (Fsp3) is 0.619. The first-order chi connectivity index (χ1) is 13.2. The topological polar surface area (TPSA) is 70.7 Å². The Morgan fingerprint density at radius 2 is 2.19 bits per heavy atom. The van der Waals surface area contributed by atoms with Gasteiger partial charge >= 0.3 is 0 Å². The molecule has 0 bridgehead atoms. The van der Waals surface area contributed by atoms with Crippen LogP contribution in [0.2, 0.25) is 0 Å². The molecule has 27 heavy (non-hydrogen) atoms. The molecule has 1 aromatic carbocycles. The third kappa shape index (κ3) is 4.26. The van der Waals surface area contributed by atoms with Gasteiger partial charge < -0.3 is 20.3 Å². The molecule has 3 aliphatic rings. The fourth-order valence-electron chi connectivity index (χ4n) is 4.42. The molecule has 2 atom stereocenters. The number of likely N-dealkylation sites (tertiary alicyclic amines) is 1. The van der Waals surface area contributed by atoms with E-state index in [2.05, 4.69) is 10.6 Å². The molecule has 1 aromatic rings. The van der Waals surface area contributed by atoms with Gasteiger partial charge in [-0.05, 0) is 74.9 Å². The van der Waals surface area contributed by atoms with Gasteiger partial charge in [-0.3, -0.25) is 9.59 Å². The van der Waals surface area contributed by atoms with Gasteiger partial charge in [-0.1, -0.05) is 0 Å². The van der Waals surface area contributed by atoms with Crippen molar-refractivity contribution in [3.05, 3.63) is 23.8 Å². The number of nitrogens with zero attached hydrogens (tertiary/aromatic N) is 1. The number of benzene rings is 1. The number of anilines is 1. The minimum atomic E-state index is -0.350. The summed E-state index contributed by atoms with van der Waals surface area (Å²) >= 11 is 0. The second kappa shape index (κ2) is 8.30. The predicted molar refractivity (Wildman–Crippen MR) is 104 cm³/mol. The van der Waals surface area contributed by atoms with Crippen LogP contribution in [-0.4, -0.2) is 49.0 Å². The molecule has 2 saturated heterocycles. The smallest absolute Gasteiger partial charge is 0.247 e. The van der Waals surface area contributed by atoms with Crippen LogP contribution >= 0.6 is 0 Å². The van der Waals surface area contributed by atoms with E-state index in [1.807, 2.05) is 23.1 Å². The molecule has 3 aliphatic heterocycles. The summed E-state index contributed by atoms with van der Waals surface area (Å²) in [6.07, 6.45) is 6.22. The van der Waals surface area contributed by atoms with E-state index in [-0.39, 0.29) is 17.9 Å². The van der Waals surface area contributed by atoms with Gasteiger partial charge in [0.05, 0.1) is 6.61 Å². The van der Waals surface area contributed by atoms with Crippen LogP contribution in [-0.2, 0) is 16.0 Å². The van der Waals surface area contributed by atoms with Crippen molar-refractivity contribution in [2.24, 2.45) is 5.92 Å². The predicted octanol–water partition coefficient (Wildman–Crippen LogP) is 2.33. The maximum Gasteiger partial charge on any atom is 0.247 e. The average Bonchev–Trinajstić information content (AvgIpc) is 3.37. The molecule has 0 radical (unpaired) electrons. The second-order valence-corrected chi connectivity index (χ2v) is 7.91. The van der Waals surface area contributed by atoms with Gasteiger partial charge in [-0.25, -0.2) is 0 Å². The first-order valence-corrected chi connectivity index (χ1v) is 10.3. The number of piperidine rings is 1. The minimum absolute atomic E-state index is 0.0653. The van der Waals surface area contributed by atoms with Crippen molar-refractivity contribution in [1.82, 2.24) is 10.2 Å². The third-order valence-corrected chi connectivity index (χ3v) is 6.01. The zero-order chi connectivity index (χ0) is 18.6. The highest BCUT2D eigenvalue weighted by Gasteiger charge is 2.32. The molecule has 2 unspecified atom stereocenters. The van der Waals surface area contributed by atoms with Crippen LogP contribution in [0, 0.1) is 5.92 Å². The van der Waals surface area contributed by atoms with Gasteiger partial charge in [0.2, 0.25) is 11.8 Å². The van der Waals surface area contributed by atoms with E-state index < -0.39 is 0 Å². The molecule has 4 rings (SSSR count). The summed E-state index contributed by atoms with van der Waals surface area (Å²) in [5, 5.41) is 6.37. The maximum atomic E-state index is 12.9. The van der Waals surface area contributed by atoms with E-state index in [9.17, 15) is 9.59 Å². The van der Waals surface area contributed by atoms with Gasteiger partial charge in [0.25, 0.3) is 0 Å². The number of rotatable bonds is 5. The number of nitrogens with one attached hydrogen (secondary N) is 2. The lowest BCUT2D eigenvalue weighted by molar-refractivity contribution is -0.140. The number of amides is 2. The quantitative estimate of drug-likeness (QED) is 0.833. The number of carbonyl (C=O) groups is 2. The summed E-state index contributed by atoms with van der Waals surface area (Å²) < 4.78 is 5.52. The Hall–Kier alpha value is -2.08. The van der Waals surface area contributed by atoms with E-state index in [1.165, 1.54) is 0 Å². The molecule has 0 aromatic heterocycles. The Kier molecular flexibility index (Phi) is 5.62. The Morgan fingerprint density at radius 3 is 3.04 bits per heavy atom. The van der Waals surface area contributed by atoms with Gasteiger partial charge in [0.1, 0.15) is 11.8 Å². The average molecular weight is 371 g/mol. The highest BCUT2D eigenvalue weighted by Crippen LogP contribution is 2.28.